The highest BCUT2D eigenvalue weighted by molar-refractivity contribution is 5.87. The first-order valence-corrected chi connectivity index (χ1v) is 8.56. The summed E-state index contributed by atoms with van der Waals surface area (Å²) >= 11 is 0. The third-order valence-corrected chi connectivity index (χ3v) is 4.53. The topological polar surface area (TPSA) is 78.0 Å². The lowest BCUT2D eigenvalue weighted by Gasteiger charge is -2.13. The van der Waals surface area contributed by atoms with Crippen LogP contribution >= 0.6 is 0 Å². The average molecular weight is 345 g/mol. The van der Waals surface area contributed by atoms with Crippen molar-refractivity contribution in [2.24, 2.45) is 0 Å². The average Bonchev–Trinajstić information content (AvgIpc) is 3.08. The number of para-hydroxylation sites is 1. The quantitative estimate of drug-likeness (QED) is 0.520. The Bertz CT molecular complexity index is 1070. The van der Waals surface area contributed by atoms with Gasteiger partial charge in [0.2, 0.25) is 5.91 Å². The number of aromatic amines is 1. The van der Waals surface area contributed by atoms with Gasteiger partial charge in [0.25, 0.3) is 0 Å². The van der Waals surface area contributed by atoms with Crippen LogP contribution in [-0.2, 0) is 11.2 Å². The maximum atomic E-state index is 12.2. The van der Waals surface area contributed by atoms with Crippen molar-refractivity contribution in [2.45, 2.75) is 12.5 Å². The lowest BCUT2D eigenvalue weighted by Crippen LogP contribution is -2.29. The summed E-state index contributed by atoms with van der Waals surface area (Å²) in [5, 5.41) is 23.4. The largest absolute Gasteiger partial charge is 0.387 e. The summed E-state index contributed by atoms with van der Waals surface area (Å²) < 4.78 is 0. The fourth-order valence-corrected chi connectivity index (χ4v) is 3.12. The zero-order valence-corrected chi connectivity index (χ0v) is 14.1. The number of rotatable bonds is 5. The van der Waals surface area contributed by atoms with E-state index in [1.54, 1.807) is 0 Å². The van der Waals surface area contributed by atoms with Crippen LogP contribution in [0.4, 0.5) is 0 Å². The van der Waals surface area contributed by atoms with Gasteiger partial charge in [-0.1, -0.05) is 54.6 Å². The van der Waals surface area contributed by atoms with Gasteiger partial charge in [0.1, 0.15) is 0 Å². The number of carbonyl (C=O) groups excluding carboxylic acids is 1. The number of carbonyl (C=O) groups is 1. The van der Waals surface area contributed by atoms with Crippen molar-refractivity contribution in [3.05, 3.63) is 78.0 Å². The minimum absolute atomic E-state index is 0.153. The highest BCUT2D eigenvalue weighted by atomic mass is 16.3. The number of fused-ring (bicyclic) bond motifs is 2. The number of hydrogen-bond donors (Lipinski definition) is 3. The molecule has 4 aromatic rings. The number of aliphatic hydroxyl groups is 1. The number of amides is 1. The molecule has 4 rings (SSSR count). The number of aromatic nitrogens is 2. The van der Waals surface area contributed by atoms with Crippen LogP contribution in [0.1, 0.15) is 17.4 Å². The van der Waals surface area contributed by atoms with Crippen molar-refractivity contribution in [3.63, 3.8) is 0 Å². The van der Waals surface area contributed by atoms with E-state index in [0.717, 1.165) is 32.9 Å². The van der Waals surface area contributed by atoms with Crippen molar-refractivity contribution < 1.29 is 9.90 Å². The van der Waals surface area contributed by atoms with Gasteiger partial charge in [-0.15, -0.1) is 0 Å². The summed E-state index contributed by atoms with van der Waals surface area (Å²) in [6.45, 7) is 0.170. The Balaban J connectivity index is 1.40. The van der Waals surface area contributed by atoms with Crippen LogP contribution in [0.3, 0.4) is 0 Å². The molecule has 1 atom stereocenters. The molecule has 0 saturated carbocycles. The summed E-state index contributed by atoms with van der Waals surface area (Å²) in [6.07, 6.45) is -0.549. The Labute approximate surface area is 150 Å². The minimum atomic E-state index is -0.748. The van der Waals surface area contributed by atoms with E-state index in [0.29, 0.717) is 0 Å². The van der Waals surface area contributed by atoms with Crippen LogP contribution in [0, 0.1) is 0 Å². The Morgan fingerprint density at radius 1 is 1.04 bits per heavy atom. The second kappa shape index (κ2) is 6.98. The molecule has 3 aromatic carbocycles. The van der Waals surface area contributed by atoms with Gasteiger partial charge in [-0.25, -0.2) is 0 Å². The molecule has 0 aliphatic carbocycles. The SMILES string of the molecule is O=C(Cc1[nH]nc2ccccc12)NCC(O)c1ccc2ccccc2c1. The van der Waals surface area contributed by atoms with Crippen molar-refractivity contribution in [3.8, 4) is 0 Å². The first-order valence-electron chi connectivity index (χ1n) is 8.56. The van der Waals surface area contributed by atoms with E-state index in [2.05, 4.69) is 15.5 Å². The highest BCUT2D eigenvalue weighted by Gasteiger charge is 2.13. The second-order valence-corrected chi connectivity index (χ2v) is 6.32. The molecule has 1 aromatic heterocycles. The van der Waals surface area contributed by atoms with E-state index in [1.807, 2.05) is 66.7 Å². The van der Waals surface area contributed by atoms with Crippen molar-refractivity contribution in [1.29, 1.82) is 0 Å². The highest BCUT2D eigenvalue weighted by Crippen LogP contribution is 2.20. The molecule has 0 radical (unpaired) electrons. The number of benzene rings is 3. The number of nitrogens with one attached hydrogen (secondary N) is 2. The third kappa shape index (κ3) is 3.30. The lowest BCUT2D eigenvalue weighted by molar-refractivity contribution is -0.120. The van der Waals surface area contributed by atoms with Crippen LogP contribution < -0.4 is 5.32 Å². The maximum absolute atomic E-state index is 12.2. The summed E-state index contributed by atoms with van der Waals surface area (Å²) in [4.78, 5) is 12.2. The summed E-state index contributed by atoms with van der Waals surface area (Å²) in [5.74, 6) is -0.153. The third-order valence-electron chi connectivity index (χ3n) is 4.53. The maximum Gasteiger partial charge on any atom is 0.226 e. The molecule has 0 saturated heterocycles. The summed E-state index contributed by atoms with van der Waals surface area (Å²) in [5.41, 5.74) is 2.40. The van der Waals surface area contributed by atoms with Gasteiger partial charge in [0, 0.05) is 11.9 Å². The van der Waals surface area contributed by atoms with E-state index in [9.17, 15) is 9.90 Å². The number of H-pyrrole nitrogens is 1. The van der Waals surface area contributed by atoms with Gasteiger partial charge in [0.15, 0.2) is 0 Å². The van der Waals surface area contributed by atoms with Crippen molar-refractivity contribution in [2.75, 3.05) is 6.54 Å². The zero-order chi connectivity index (χ0) is 17.9. The van der Waals surface area contributed by atoms with Gasteiger partial charge in [-0.2, -0.15) is 5.10 Å². The van der Waals surface area contributed by atoms with Crippen LogP contribution in [0.15, 0.2) is 66.7 Å². The molecule has 1 amide bonds. The van der Waals surface area contributed by atoms with Gasteiger partial charge in [-0.05, 0) is 28.5 Å². The molecule has 1 heterocycles. The van der Waals surface area contributed by atoms with E-state index in [-0.39, 0.29) is 18.9 Å². The minimum Gasteiger partial charge on any atom is -0.387 e. The summed E-state index contributed by atoms with van der Waals surface area (Å²) in [6, 6.07) is 21.5. The van der Waals surface area contributed by atoms with Crippen LogP contribution in [0.25, 0.3) is 21.7 Å². The van der Waals surface area contributed by atoms with Crippen molar-refractivity contribution in [1.82, 2.24) is 15.5 Å². The monoisotopic (exact) mass is 345 g/mol. The number of aliphatic hydroxyl groups excluding tert-OH is 1. The molecule has 5 heteroatoms. The van der Waals surface area contributed by atoms with Crippen molar-refractivity contribution >= 4 is 27.6 Å². The fraction of sp³-hybridized carbons (Fsp3) is 0.143. The molecule has 0 spiro atoms. The van der Waals surface area contributed by atoms with Gasteiger partial charge in [-0.3, -0.25) is 9.89 Å². The van der Waals surface area contributed by atoms with Gasteiger partial charge in [0.05, 0.1) is 23.7 Å². The first kappa shape index (κ1) is 16.3. The lowest BCUT2D eigenvalue weighted by atomic mass is 10.0. The van der Waals surface area contributed by atoms with Gasteiger partial charge >= 0.3 is 0 Å². The van der Waals surface area contributed by atoms with Crippen LogP contribution in [-0.4, -0.2) is 27.8 Å². The van der Waals surface area contributed by atoms with Gasteiger partial charge < -0.3 is 10.4 Å². The molecule has 0 aliphatic heterocycles. The molecular formula is C21H19N3O2. The predicted molar refractivity (Wildman–Crippen MR) is 102 cm³/mol. The smallest absolute Gasteiger partial charge is 0.226 e. The normalized spacial score (nSPS) is 12.3. The molecule has 130 valence electrons. The molecule has 3 N–H and O–H groups in total. The molecule has 1 unspecified atom stereocenters. The first-order chi connectivity index (χ1) is 12.7. The molecule has 0 bridgehead atoms. The molecule has 0 aliphatic rings. The van der Waals surface area contributed by atoms with Crippen LogP contribution in [0.5, 0.6) is 0 Å². The Morgan fingerprint density at radius 3 is 2.69 bits per heavy atom. The Morgan fingerprint density at radius 2 is 1.81 bits per heavy atom. The van der Waals surface area contributed by atoms with E-state index < -0.39 is 6.10 Å². The predicted octanol–water partition coefficient (Wildman–Crippen LogP) is 3.11. The zero-order valence-electron chi connectivity index (χ0n) is 14.1. The second-order valence-electron chi connectivity index (χ2n) is 6.32. The van der Waals surface area contributed by atoms with E-state index >= 15 is 0 Å². The molecular weight excluding hydrogens is 326 g/mol. The fourth-order valence-electron chi connectivity index (χ4n) is 3.12. The van der Waals surface area contributed by atoms with E-state index in [1.165, 1.54) is 0 Å². The molecule has 5 nitrogen and oxygen atoms in total. The number of nitrogens with zero attached hydrogens (tertiary/aromatic N) is 1. The molecule has 0 fully saturated rings. The van der Waals surface area contributed by atoms with Crippen LogP contribution in [0.2, 0.25) is 0 Å². The Kier molecular flexibility index (Phi) is 4.37. The standard InChI is InChI=1S/C21H19N3O2/c25-20(16-10-9-14-5-1-2-6-15(14)11-16)13-22-21(26)12-19-17-7-3-4-8-18(17)23-24-19/h1-11,20,25H,12-13H2,(H,22,26)(H,23,24). The Hall–Kier alpha value is -3.18. The van der Waals surface area contributed by atoms with E-state index in [4.69, 9.17) is 0 Å². The number of hydrogen-bond acceptors (Lipinski definition) is 3. The molecule has 26 heavy (non-hydrogen) atoms. The summed E-state index contributed by atoms with van der Waals surface area (Å²) in [7, 11) is 0.